The van der Waals surface area contributed by atoms with Crippen LogP contribution in [0.2, 0.25) is 0 Å². The van der Waals surface area contributed by atoms with E-state index < -0.39 is 0 Å². The number of benzene rings is 1. The van der Waals surface area contributed by atoms with E-state index in [1.54, 1.807) is 0 Å². The quantitative estimate of drug-likeness (QED) is 0.294. The summed E-state index contributed by atoms with van der Waals surface area (Å²) in [6, 6.07) is 4.09. The van der Waals surface area contributed by atoms with E-state index in [4.69, 9.17) is 16.6 Å². The molecule has 0 unspecified atom stereocenters. The Morgan fingerprint density at radius 2 is 2.00 bits per heavy atom. The molecule has 0 fully saturated rings. The maximum atomic E-state index is 9.29. The van der Waals surface area contributed by atoms with Crippen molar-refractivity contribution in [2.75, 3.05) is 0 Å². The fourth-order valence-electron chi connectivity index (χ4n) is 0.799. The molecule has 1 aromatic carbocycles. The van der Waals surface area contributed by atoms with Crippen LogP contribution in [0.3, 0.4) is 0 Å². The van der Waals surface area contributed by atoms with Gasteiger partial charge in [-0.2, -0.15) is 5.10 Å². The summed E-state index contributed by atoms with van der Waals surface area (Å²) in [5.74, 6) is -0.291. The molecular weight excluding hydrogens is 184 g/mol. The topological polar surface area (TPSA) is 117 Å². The molecule has 0 aromatic heterocycles. The Bertz CT molecular complexity index is 383. The molecule has 0 bridgehead atoms. The van der Waals surface area contributed by atoms with Gasteiger partial charge in [0.15, 0.2) is 0 Å². The van der Waals surface area contributed by atoms with Crippen molar-refractivity contribution in [3.05, 3.63) is 23.8 Å². The second-order valence-electron chi connectivity index (χ2n) is 2.51. The number of hydrogen-bond donors (Lipinski definition) is 4. The Morgan fingerprint density at radius 3 is 2.57 bits per heavy atom. The fraction of sp³-hybridized carbons (Fsp3) is 0. The van der Waals surface area contributed by atoms with Crippen molar-refractivity contribution in [3.8, 4) is 11.5 Å². The first-order valence-corrected chi connectivity index (χ1v) is 3.73. The summed E-state index contributed by atoms with van der Waals surface area (Å²) < 4.78 is 0. The van der Waals surface area contributed by atoms with Crippen molar-refractivity contribution in [3.63, 3.8) is 0 Å². The Kier molecular flexibility index (Phi) is 2.90. The van der Waals surface area contributed by atoms with Crippen LogP contribution in [0.1, 0.15) is 5.56 Å². The number of guanidine groups is 1. The minimum Gasteiger partial charge on any atom is -0.508 e. The minimum atomic E-state index is -0.167. The molecule has 6 N–H and O–H groups in total. The molecule has 0 saturated heterocycles. The van der Waals surface area contributed by atoms with Crippen molar-refractivity contribution >= 4 is 12.2 Å². The van der Waals surface area contributed by atoms with E-state index in [1.165, 1.54) is 24.4 Å². The maximum absolute atomic E-state index is 9.29. The lowest BCUT2D eigenvalue weighted by molar-refractivity contribution is 0.450. The molecule has 1 rings (SSSR count). The zero-order chi connectivity index (χ0) is 10.6. The van der Waals surface area contributed by atoms with E-state index in [-0.39, 0.29) is 17.5 Å². The van der Waals surface area contributed by atoms with Crippen molar-refractivity contribution in [2.45, 2.75) is 0 Å². The standard InChI is InChI=1S/C8H10N4O2/c9-8(10)12-11-4-5-1-2-6(13)3-7(5)14/h1-4,13-14H,(H4,9,10,12). The van der Waals surface area contributed by atoms with Crippen LogP contribution in [0.25, 0.3) is 0 Å². The molecule has 74 valence electrons. The van der Waals surface area contributed by atoms with Crippen molar-refractivity contribution < 1.29 is 10.2 Å². The lowest BCUT2D eigenvalue weighted by Gasteiger charge is -1.97. The Morgan fingerprint density at radius 1 is 1.29 bits per heavy atom. The van der Waals surface area contributed by atoms with Gasteiger partial charge in [0.05, 0.1) is 6.21 Å². The molecule has 0 amide bonds. The zero-order valence-electron chi connectivity index (χ0n) is 7.25. The van der Waals surface area contributed by atoms with Crippen LogP contribution in [0.4, 0.5) is 0 Å². The average Bonchev–Trinajstić information content (AvgIpc) is 2.08. The van der Waals surface area contributed by atoms with E-state index in [0.29, 0.717) is 5.56 Å². The number of aromatic hydroxyl groups is 2. The highest BCUT2D eigenvalue weighted by Gasteiger charge is 1.98. The van der Waals surface area contributed by atoms with Gasteiger partial charge in [0.25, 0.3) is 0 Å². The molecule has 6 heteroatoms. The van der Waals surface area contributed by atoms with Gasteiger partial charge in [-0.3, -0.25) is 0 Å². The van der Waals surface area contributed by atoms with Crippen LogP contribution in [0.15, 0.2) is 28.4 Å². The summed E-state index contributed by atoms with van der Waals surface area (Å²) >= 11 is 0. The SMILES string of the molecule is NC(N)=NN=Cc1ccc(O)cc1O. The molecule has 1 aromatic rings. The van der Waals surface area contributed by atoms with Gasteiger partial charge < -0.3 is 21.7 Å². The van der Waals surface area contributed by atoms with E-state index in [9.17, 15) is 5.11 Å². The van der Waals surface area contributed by atoms with Gasteiger partial charge in [-0.1, -0.05) is 0 Å². The number of hydrogen-bond acceptors (Lipinski definition) is 4. The molecule has 0 spiro atoms. The zero-order valence-corrected chi connectivity index (χ0v) is 7.25. The molecule has 14 heavy (non-hydrogen) atoms. The summed E-state index contributed by atoms with van der Waals surface area (Å²) in [7, 11) is 0. The van der Waals surface area contributed by atoms with Crippen LogP contribution < -0.4 is 11.5 Å². The van der Waals surface area contributed by atoms with Crippen molar-refractivity contribution in [2.24, 2.45) is 21.7 Å². The van der Waals surface area contributed by atoms with Crippen LogP contribution in [-0.2, 0) is 0 Å². The number of phenols is 2. The molecule has 0 aliphatic rings. The second-order valence-corrected chi connectivity index (χ2v) is 2.51. The first kappa shape index (κ1) is 9.85. The van der Waals surface area contributed by atoms with E-state index in [0.717, 1.165) is 0 Å². The highest BCUT2D eigenvalue weighted by molar-refractivity contribution is 5.84. The van der Waals surface area contributed by atoms with Crippen LogP contribution in [0, 0.1) is 0 Å². The Balaban J connectivity index is 2.87. The summed E-state index contributed by atoms with van der Waals surface area (Å²) in [6.07, 6.45) is 1.27. The predicted molar refractivity (Wildman–Crippen MR) is 53.2 cm³/mol. The van der Waals surface area contributed by atoms with Gasteiger partial charge >= 0.3 is 0 Å². The van der Waals surface area contributed by atoms with Gasteiger partial charge in [-0.15, -0.1) is 5.10 Å². The van der Waals surface area contributed by atoms with Gasteiger partial charge in [0.1, 0.15) is 11.5 Å². The third-order valence-corrected chi connectivity index (χ3v) is 1.38. The number of nitrogens with zero attached hydrogens (tertiary/aromatic N) is 2. The van der Waals surface area contributed by atoms with E-state index in [2.05, 4.69) is 10.2 Å². The molecule has 0 radical (unpaired) electrons. The van der Waals surface area contributed by atoms with Gasteiger partial charge in [0, 0.05) is 11.6 Å². The number of phenolic OH excluding ortho intramolecular Hbond substituents is 2. The molecular formula is C8H10N4O2. The molecule has 0 aliphatic heterocycles. The normalized spacial score (nSPS) is 10.3. The highest BCUT2D eigenvalue weighted by Crippen LogP contribution is 2.20. The monoisotopic (exact) mass is 194 g/mol. The van der Waals surface area contributed by atoms with Crippen LogP contribution in [-0.4, -0.2) is 22.4 Å². The first-order valence-electron chi connectivity index (χ1n) is 3.73. The fourth-order valence-corrected chi connectivity index (χ4v) is 0.799. The third-order valence-electron chi connectivity index (χ3n) is 1.38. The van der Waals surface area contributed by atoms with Crippen LogP contribution in [0.5, 0.6) is 11.5 Å². The number of rotatable bonds is 2. The summed E-state index contributed by atoms with van der Waals surface area (Å²) in [5, 5.41) is 25.1. The van der Waals surface area contributed by atoms with Crippen molar-refractivity contribution in [1.82, 2.24) is 0 Å². The average molecular weight is 194 g/mol. The smallest absolute Gasteiger partial charge is 0.211 e. The summed E-state index contributed by atoms with van der Waals surface area (Å²) in [6.45, 7) is 0. The molecule has 0 heterocycles. The lowest BCUT2D eigenvalue weighted by atomic mass is 10.2. The van der Waals surface area contributed by atoms with Crippen molar-refractivity contribution in [1.29, 1.82) is 0 Å². The highest BCUT2D eigenvalue weighted by atomic mass is 16.3. The van der Waals surface area contributed by atoms with E-state index >= 15 is 0 Å². The summed E-state index contributed by atoms with van der Waals surface area (Å²) in [4.78, 5) is 0. The summed E-state index contributed by atoms with van der Waals surface area (Å²) in [5.41, 5.74) is 10.5. The largest absolute Gasteiger partial charge is 0.508 e. The number of nitrogens with two attached hydrogens (primary N) is 2. The molecule has 6 nitrogen and oxygen atoms in total. The third kappa shape index (κ3) is 2.67. The molecule has 0 saturated carbocycles. The maximum Gasteiger partial charge on any atom is 0.211 e. The Hall–Kier alpha value is -2.24. The van der Waals surface area contributed by atoms with Gasteiger partial charge in [-0.25, -0.2) is 0 Å². The van der Waals surface area contributed by atoms with Crippen LogP contribution >= 0.6 is 0 Å². The Labute approximate surface area is 80.2 Å². The second kappa shape index (κ2) is 4.13. The predicted octanol–water partition coefficient (Wildman–Crippen LogP) is -0.295. The first-order chi connectivity index (χ1) is 6.59. The van der Waals surface area contributed by atoms with Gasteiger partial charge in [0.2, 0.25) is 5.96 Å². The molecule has 0 atom stereocenters. The molecule has 0 aliphatic carbocycles. The van der Waals surface area contributed by atoms with E-state index in [1.807, 2.05) is 0 Å². The minimum absolute atomic E-state index is 0.0264. The van der Waals surface area contributed by atoms with Gasteiger partial charge in [-0.05, 0) is 12.1 Å². The lowest BCUT2D eigenvalue weighted by Crippen LogP contribution is -2.21.